The van der Waals surface area contributed by atoms with Crippen molar-refractivity contribution >= 4 is 20.9 Å². The van der Waals surface area contributed by atoms with E-state index in [0.29, 0.717) is 18.0 Å². The van der Waals surface area contributed by atoms with Gasteiger partial charge in [-0.05, 0) is 41.8 Å². The monoisotopic (exact) mass is 532 g/mol. The maximum absolute atomic E-state index is 13.6. The molecule has 1 aliphatic rings. The molecule has 196 valence electrons. The first-order chi connectivity index (χ1) is 18.9. The quantitative estimate of drug-likeness (QED) is 0.212. The lowest BCUT2D eigenvalue weighted by molar-refractivity contribution is 0.443. The van der Waals surface area contributed by atoms with Crippen molar-refractivity contribution in [1.29, 1.82) is 0 Å². The highest BCUT2D eigenvalue weighted by atomic mass is 32.2. The predicted molar refractivity (Wildman–Crippen MR) is 158 cm³/mol. The fourth-order valence-corrected chi connectivity index (χ4v) is 7.33. The minimum Gasteiger partial charge on any atom is -0.343 e. The third kappa shape index (κ3) is 4.84. The average Bonchev–Trinajstić information content (AvgIpc) is 3.52. The maximum Gasteiger partial charge on any atom is 0.243 e. The van der Waals surface area contributed by atoms with Crippen LogP contribution in [-0.2, 0) is 16.6 Å². The lowest BCUT2D eigenvalue weighted by Gasteiger charge is -2.25. The topological polar surface area (TPSA) is 42.3 Å². The molecule has 4 aromatic carbocycles. The van der Waals surface area contributed by atoms with Gasteiger partial charge in [0.2, 0.25) is 10.0 Å². The summed E-state index contributed by atoms with van der Waals surface area (Å²) in [5, 5.41) is 1.19. The number of rotatable bonds is 7. The van der Waals surface area contributed by atoms with Crippen molar-refractivity contribution in [2.75, 3.05) is 13.1 Å². The first-order valence-corrected chi connectivity index (χ1v) is 14.8. The van der Waals surface area contributed by atoms with E-state index in [0.717, 1.165) is 17.7 Å². The largest absolute Gasteiger partial charge is 0.343 e. The Morgan fingerprint density at radius 1 is 0.846 bits per heavy atom. The summed E-state index contributed by atoms with van der Waals surface area (Å²) in [6.45, 7) is 7.87. The molecule has 0 bridgehead atoms. The van der Waals surface area contributed by atoms with Crippen LogP contribution in [-0.4, -0.2) is 30.4 Å². The van der Waals surface area contributed by atoms with E-state index < -0.39 is 10.0 Å². The third-order valence-electron chi connectivity index (χ3n) is 7.87. The van der Waals surface area contributed by atoms with Crippen molar-refractivity contribution < 1.29 is 8.42 Å². The number of hydrogen-bond acceptors (Lipinski definition) is 2. The highest BCUT2D eigenvalue weighted by molar-refractivity contribution is 7.89. The highest BCUT2D eigenvalue weighted by Crippen LogP contribution is 2.44. The van der Waals surface area contributed by atoms with E-state index in [9.17, 15) is 8.42 Å². The molecule has 1 aromatic heterocycles. The molecule has 0 amide bonds. The zero-order valence-corrected chi connectivity index (χ0v) is 22.9. The van der Waals surface area contributed by atoms with Crippen LogP contribution in [0.3, 0.4) is 0 Å². The van der Waals surface area contributed by atoms with Crippen LogP contribution in [0, 0.1) is 12.8 Å². The third-order valence-corrected chi connectivity index (χ3v) is 9.70. The zero-order chi connectivity index (χ0) is 27.0. The van der Waals surface area contributed by atoms with Gasteiger partial charge in [0.05, 0.1) is 4.90 Å². The molecular weight excluding hydrogens is 500 g/mol. The van der Waals surface area contributed by atoms with Gasteiger partial charge in [-0.2, -0.15) is 4.31 Å². The van der Waals surface area contributed by atoms with Crippen LogP contribution >= 0.6 is 0 Å². The summed E-state index contributed by atoms with van der Waals surface area (Å²) in [6.07, 6.45) is 2.26. The fourth-order valence-electron chi connectivity index (χ4n) is 5.86. The first-order valence-electron chi connectivity index (χ1n) is 13.3. The number of aryl methyl sites for hydroxylation is 1. The van der Waals surface area contributed by atoms with Crippen LogP contribution in [0.4, 0.5) is 0 Å². The first kappa shape index (κ1) is 25.4. The molecule has 2 heterocycles. The molecule has 0 N–H and O–H groups in total. The van der Waals surface area contributed by atoms with Crippen LogP contribution < -0.4 is 0 Å². The second-order valence-corrected chi connectivity index (χ2v) is 12.4. The number of nitrogens with zero attached hydrogens (tertiary/aromatic N) is 2. The second-order valence-electron chi connectivity index (χ2n) is 10.5. The van der Waals surface area contributed by atoms with E-state index in [1.165, 1.54) is 27.6 Å². The Morgan fingerprint density at radius 2 is 1.49 bits per heavy atom. The Hall–Kier alpha value is -3.93. The lowest BCUT2D eigenvalue weighted by atomic mass is 9.78. The van der Waals surface area contributed by atoms with Gasteiger partial charge in [-0.15, -0.1) is 0 Å². The van der Waals surface area contributed by atoms with Gasteiger partial charge in [-0.1, -0.05) is 109 Å². The van der Waals surface area contributed by atoms with Crippen molar-refractivity contribution in [2.45, 2.75) is 24.3 Å². The molecule has 0 saturated carbocycles. The van der Waals surface area contributed by atoms with Gasteiger partial charge in [-0.3, -0.25) is 0 Å². The summed E-state index contributed by atoms with van der Waals surface area (Å²) < 4.78 is 31.2. The Bertz CT molecular complexity index is 1720. The van der Waals surface area contributed by atoms with Gasteiger partial charge in [0.25, 0.3) is 0 Å². The van der Waals surface area contributed by atoms with Crippen LogP contribution in [0.25, 0.3) is 10.9 Å². The molecule has 0 aliphatic carbocycles. The molecule has 1 fully saturated rings. The molecule has 0 spiro atoms. The molecule has 0 unspecified atom stereocenters. The fraction of sp³-hybridized carbons (Fsp3) is 0.176. The van der Waals surface area contributed by atoms with Gasteiger partial charge in [0.1, 0.15) is 0 Å². The van der Waals surface area contributed by atoms with Crippen molar-refractivity contribution in [1.82, 2.24) is 8.87 Å². The molecule has 1 aliphatic heterocycles. The van der Waals surface area contributed by atoms with Crippen LogP contribution in [0.5, 0.6) is 0 Å². The van der Waals surface area contributed by atoms with E-state index in [1.54, 1.807) is 16.4 Å². The molecule has 5 heteroatoms. The number of sulfonamides is 1. The molecule has 2 atom stereocenters. The minimum absolute atomic E-state index is 0.0289. The zero-order valence-electron chi connectivity index (χ0n) is 22.1. The Morgan fingerprint density at radius 3 is 2.21 bits per heavy atom. The number of para-hydroxylation sites is 1. The highest BCUT2D eigenvalue weighted by Gasteiger charge is 2.40. The summed E-state index contributed by atoms with van der Waals surface area (Å²) in [5.74, 6) is -0.0811. The maximum atomic E-state index is 13.6. The molecule has 4 nitrogen and oxygen atoms in total. The predicted octanol–water partition coefficient (Wildman–Crippen LogP) is 7.01. The van der Waals surface area contributed by atoms with Gasteiger partial charge >= 0.3 is 0 Å². The van der Waals surface area contributed by atoms with E-state index in [2.05, 4.69) is 90.1 Å². The summed E-state index contributed by atoms with van der Waals surface area (Å²) in [5.41, 5.74) is 6.76. The van der Waals surface area contributed by atoms with Crippen molar-refractivity contribution in [3.63, 3.8) is 0 Å². The second kappa shape index (κ2) is 10.3. The number of aromatic nitrogens is 1. The summed E-state index contributed by atoms with van der Waals surface area (Å²) in [4.78, 5) is 0.331. The van der Waals surface area contributed by atoms with Crippen molar-refractivity contribution in [3.8, 4) is 0 Å². The molecule has 6 rings (SSSR count). The van der Waals surface area contributed by atoms with Crippen molar-refractivity contribution in [3.05, 3.63) is 150 Å². The summed E-state index contributed by atoms with van der Waals surface area (Å²) >= 11 is 0. The molecule has 5 aromatic rings. The SMILES string of the molecule is C=C1CN(S(=O)(=O)c2ccc(C)cc2)C[C@@H]1[C@H](c1ccccc1)c1cn(Cc2ccccc2)c2ccccc12. The van der Waals surface area contributed by atoms with Gasteiger partial charge in [-0.25, -0.2) is 8.42 Å². The molecule has 0 radical (unpaired) electrons. The van der Waals surface area contributed by atoms with E-state index in [4.69, 9.17) is 0 Å². The minimum atomic E-state index is -3.63. The Kier molecular flexibility index (Phi) is 6.71. The Balaban J connectivity index is 1.43. The van der Waals surface area contributed by atoms with Gasteiger partial charge in [0, 0.05) is 48.6 Å². The number of benzene rings is 4. The van der Waals surface area contributed by atoms with E-state index in [1.807, 2.05) is 31.2 Å². The van der Waals surface area contributed by atoms with E-state index >= 15 is 0 Å². The van der Waals surface area contributed by atoms with Crippen LogP contribution in [0.15, 0.2) is 132 Å². The molecular formula is C34H32N2O2S. The molecule has 1 saturated heterocycles. The molecule has 39 heavy (non-hydrogen) atoms. The van der Waals surface area contributed by atoms with Gasteiger partial charge < -0.3 is 4.57 Å². The average molecular weight is 533 g/mol. The van der Waals surface area contributed by atoms with Crippen molar-refractivity contribution in [2.24, 2.45) is 5.92 Å². The van der Waals surface area contributed by atoms with E-state index in [-0.39, 0.29) is 11.8 Å². The smallest absolute Gasteiger partial charge is 0.243 e. The Labute approximate surface area is 230 Å². The standard InChI is InChI=1S/C34H32N2O2S/c1-25-17-19-29(20-18-25)39(37,38)36-21-26(2)31(24-36)34(28-13-7-4-8-14-28)32-23-35(22-27-11-5-3-6-12-27)33-16-10-9-15-30(32)33/h3-20,23,31,34H,2,21-22,24H2,1H3/t31-,34-/m0/s1. The van der Waals surface area contributed by atoms with Crippen LogP contribution in [0.1, 0.15) is 28.2 Å². The lowest BCUT2D eigenvalue weighted by Crippen LogP contribution is -2.30. The summed E-state index contributed by atoms with van der Waals surface area (Å²) in [6, 6.07) is 36.5. The summed E-state index contributed by atoms with van der Waals surface area (Å²) in [7, 11) is -3.63. The number of fused-ring (bicyclic) bond motifs is 1. The number of hydrogen-bond donors (Lipinski definition) is 0. The normalized spacial score (nSPS) is 17.1. The van der Waals surface area contributed by atoms with Gasteiger partial charge in [0.15, 0.2) is 0 Å². The van der Waals surface area contributed by atoms with Crippen LogP contribution in [0.2, 0.25) is 0 Å².